The average molecular weight is 897 g/mol. The number of nitrogens with zero attached hydrogens (tertiary/aromatic N) is 4. The largest absolute Gasteiger partial charge is 0.463 e. The van der Waals surface area contributed by atoms with E-state index in [-0.39, 0.29) is 23.3 Å². The molecule has 23 heteroatoms. The number of halogens is 1. The zero-order valence-electron chi connectivity index (χ0n) is 28.8. The molecule has 0 N–H and O–H groups in total. The molecular formula is C30H33IN4O16S2. The second kappa shape index (κ2) is 18.3. The first-order valence-corrected chi connectivity index (χ1v) is 18.7. The first-order chi connectivity index (χ1) is 24.9. The van der Waals surface area contributed by atoms with E-state index in [1.165, 1.54) is 32.3 Å². The van der Waals surface area contributed by atoms with Gasteiger partial charge in [0.2, 0.25) is 0 Å². The minimum absolute atomic E-state index is 0.180. The van der Waals surface area contributed by atoms with Gasteiger partial charge in [-0.05, 0) is 50.2 Å². The minimum Gasteiger partial charge on any atom is -0.463 e. The van der Waals surface area contributed by atoms with Gasteiger partial charge in [0.15, 0.2) is 36.9 Å². The summed E-state index contributed by atoms with van der Waals surface area (Å²) in [4.78, 5) is 105. The molecule has 0 aromatic carbocycles. The summed E-state index contributed by atoms with van der Waals surface area (Å²) in [6.07, 6.45) is -7.17. The second-order valence-corrected chi connectivity index (χ2v) is 14.5. The molecule has 2 fully saturated rings. The number of carbonyl (C=O) groups excluding carboxylic acids is 6. The maximum Gasteiger partial charge on any atom is 0.350 e. The smallest absolute Gasteiger partial charge is 0.350 e. The number of esters is 6. The van der Waals surface area contributed by atoms with Crippen molar-refractivity contribution in [1.29, 1.82) is 0 Å². The van der Waals surface area contributed by atoms with Crippen molar-refractivity contribution in [2.24, 2.45) is 0 Å². The van der Waals surface area contributed by atoms with E-state index >= 15 is 0 Å². The van der Waals surface area contributed by atoms with Crippen molar-refractivity contribution in [3.8, 4) is 0 Å². The van der Waals surface area contributed by atoms with Crippen LogP contribution in [0.25, 0.3) is 0 Å². The van der Waals surface area contributed by atoms with Gasteiger partial charge in [0.1, 0.15) is 35.5 Å². The zero-order valence-corrected chi connectivity index (χ0v) is 32.6. The van der Waals surface area contributed by atoms with Crippen LogP contribution in [-0.2, 0) is 66.7 Å². The Kier molecular flexibility index (Phi) is 14.4. The first-order valence-electron chi connectivity index (χ1n) is 15.4. The molecule has 0 unspecified atom stereocenters. The normalized spacial score (nSPS) is 24.9. The van der Waals surface area contributed by atoms with E-state index < -0.39 is 96.3 Å². The highest BCUT2D eigenvalue weighted by atomic mass is 127. The van der Waals surface area contributed by atoms with Crippen LogP contribution in [0.2, 0.25) is 0 Å². The molecular weight excluding hydrogens is 863 g/mol. The van der Waals surface area contributed by atoms with E-state index in [9.17, 15) is 38.4 Å². The van der Waals surface area contributed by atoms with Gasteiger partial charge >= 0.3 is 47.2 Å². The van der Waals surface area contributed by atoms with Crippen LogP contribution < -0.4 is 11.4 Å². The number of aromatic nitrogens is 4. The molecule has 2 aliphatic heterocycles. The Bertz CT molecular complexity index is 1870. The van der Waals surface area contributed by atoms with Crippen LogP contribution in [0.15, 0.2) is 38.1 Å². The molecule has 0 amide bonds. The molecule has 2 aromatic rings. The fourth-order valence-electron chi connectivity index (χ4n) is 5.22. The van der Waals surface area contributed by atoms with Crippen LogP contribution in [0.5, 0.6) is 0 Å². The van der Waals surface area contributed by atoms with Gasteiger partial charge in [-0.15, -0.1) is 0 Å². The third-order valence-electron chi connectivity index (χ3n) is 7.11. The quantitative estimate of drug-likeness (QED) is 0.0889. The molecule has 0 spiro atoms. The molecule has 0 saturated carbocycles. The number of carbonyl (C=O) groups is 6. The number of hydrogen-bond donors (Lipinski definition) is 0. The van der Waals surface area contributed by atoms with E-state index in [0.29, 0.717) is 3.57 Å². The van der Waals surface area contributed by atoms with Crippen molar-refractivity contribution in [3.63, 3.8) is 0 Å². The van der Waals surface area contributed by atoms with E-state index in [1.807, 2.05) is 22.6 Å². The van der Waals surface area contributed by atoms with E-state index in [0.717, 1.165) is 58.4 Å². The van der Waals surface area contributed by atoms with Gasteiger partial charge in [-0.25, -0.2) is 9.59 Å². The molecule has 20 nitrogen and oxygen atoms in total. The summed E-state index contributed by atoms with van der Waals surface area (Å²) < 4.78 is 45.8. The Hall–Kier alpha value is -4.07. The number of hydrogen-bond acceptors (Lipinski definition) is 20. The third kappa shape index (κ3) is 11.0. The van der Waals surface area contributed by atoms with Gasteiger partial charge in [-0.1, -0.05) is 0 Å². The lowest BCUT2D eigenvalue weighted by Crippen LogP contribution is -2.42. The van der Waals surface area contributed by atoms with Crippen LogP contribution in [0, 0.1) is 3.57 Å². The lowest BCUT2D eigenvalue weighted by molar-refractivity contribution is -0.166. The van der Waals surface area contributed by atoms with E-state index in [2.05, 4.69) is 9.97 Å². The lowest BCUT2D eigenvalue weighted by Gasteiger charge is -2.24. The van der Waals surface area contributed by atoms with Gasteiger partial charge < -0.3 is 37.9 Å². The monoisotopic (exact) mass is 896 g/mol. The van der Waals surface area contributed by atoms with Gasteiger partial charge in [0.25, 0.3) is 0 Å². The molecule has 2 aromatic heterocycles. The van der Waals surface area contributed by atoms with Gasteiger partial charge in [0.05, 0.1) is 3.57 Å². The van der Waals surface area contributed by atoms with Crippen molar-refractivity contribution in [3.05, 3.63) is 43.0 Å². The Morgan fingerprint density at radius 2 is 1.09 bits per heavy atom. The van der Waals surface area contributed by atoms with Crippen molar-refractivity contribution in [2.45, 2.75) is 101 Å². The summed E-state index contributed by atoms with van der Waals surface area (Å²) in [5.74, 6) is -4.26. The fourth-order valence-corrected chi connectivity index (χ4v) is 8.22. The van der Waals surface area contributed by atoms with Crippen LogP contribution in [-0.4, -0.2) is 105 Å². The summed E-state index contributed by atoms with van der Waals surface area (Å²) in [6, 6.07) is 1.44. The molecule has 0 bridgehead atoms. The van der Waals surface area contributed by atoms with Crippen LogP contribution in [0.1, 0.15) is 54.0 Å². The fraction of sp³-hybridized carbons (Fsp3) is 0.533. The lowest BCUT2D eigenvalue weighted by atomic mass is 10.1. The summed E-state index contributed by atoms with van der Waals surface area (Å²) >= 11 is 1.91. The summed E-state index contributed by atoms with van der Waals surface area (Å²) in [5.41, 5.74) is -1.68. The molecule has 2 aliphatic rings. The summed E-state index contributed by atoms with van der Waals surface area (Å²) in [6.45, 7) is 6.10. The third-order valence-corrected chi connectivity index (χ3v) is 10.5. The predicted molar refractivity (Wildman–Crippen MR) is 185 cm³/mol. The van der Waals surface area contributed by atoms with Crippen molar-refractivity contribution in [2.75, 3.05) is 13.2 Å². The summed E-state index contributed by atoms with van der Waals surface area (Å²) in [5, 5.41) is 0.393. The number of rotatable bonds is 13. The predicted octanol–water partition coefficient (Wildman–Crippen LogP) is 0.852. The van der Waals surface area contributed by atoms with Gasteiger partial charge in [0, 0.05) is 53.9 Å². The Balaban J connectivity index is 1.55. The second-order valence-electron chi connectivity index (χ2n) is 11.2. The standard InChI is InChI=1S/C30H33IN4O16S2/c1-12(36)44-10-19-22(46-14(3)38)24(48-16(5)40)27(50-19)34-8-7-21(32-29(34)42)52-53-26-18(31)9-35(30(43)33-26)28-25(49-17(6)41)23(47-15(4)39)20(51-28)11-45-13(2)37/h7-9,19-20,22-25,27-28H,10-11H2,1-6H3/t19-,20-,22-,23-,24-,25-,27-,28-/m1/s1. The number of ether oxygens (including phenoxy) is 8. The van der Waals surface area contributed by atoms with E-state index in [4.69, 9.17) is 37.9 Å². The Morgan fingerprint density at radius 3 is 1.53 bits per heavy atom. The highest BCUT2D eigenvalue weighted by molar-refractivity contribution is 14.1. The highest BCUT2D eigenvalue weighted by Gasteiger charge is 2.52. The SMILES string of the molecule is CC(=O)OC[C@H]1O[C@@H](n2ccc(SSc3nc(=O)n([C@@H]4O[C@H](COC(C)=O)[C@@H](OC(C)=O)[C@H]4OC(C)=O)cc3I)nc2=O)[C@H](OC(C)=O)[C@@H]1OC(C)=O. The van der Waals surface area contributed by atoms with Crippen molar-refractivity contribution < 1.29 is 66.7 Å². The highest BCUT2D eigenvalue weighted by Crippen LogP contribution is 2.39. The Morgan fingerprint density at radius 1 is 0.660 bits per heavy atom. The minimum atomic E-state index is -1.32. The average Bonchev–Trinajstić information content (AvgIpc) is 3.54. The van der Waals surface area contributed by atoms with Crippen LogP contribution in [0.4, 0.5) is 0 Å². The molecule has 0 aliphatic carbocycles. The molecule has 4 heterocycles. The topological polar surface area (TPSA) is 246 Å². The van der Waals surface area contributed by atoms with E-state index in [1.54, 1.807) is 0 Å². The molecule has 288 valence electrons. The molecule has 2 saturated heterocycles. The zero-order chi connectivity index (χ0) is 39.1. The molecule has 0 radical (unpaired) electrons. The van der Waals surface area contributed by atoms with Crippen LogP contribution >= 0.6 is 44.2 Å². The Labute approximate surface area is 321 Å². The maximum atomic E-state index is 13.3. The first kappa shape index (κ1) is 41.7. The van der Waals surface area contributed by atoms with Crippen molar-refractivity contribution >= 4 is 80.0 Å². The van der Waals surface area contributed by atoms with Crippen molar-refractivity contribution in [1.82, 2.24) is 19.1 Å². The van der Waals surface area contributed by atoms with Gasteiger partial charge in [-0.2, -0.15) is 9.97 Å². The van der Waals surface area contributed by atoms with Gasteiger partial charge in [-0.3, -0.25) is 37.9 Å². The summed E-state index contributed by atoms with van der Waals surface area (Å²) in [7, 11) is 1.96. The molecule has 8 atom stereocenters. The maximum absolute atomic E-state index is 13.3. The van der Waals surface area contributed by atoms with Crippen LogP contribution in [0.3, 0.4) is 0 Å². The molecule has 4 rings (SSSR count). The molecule has 53 heavy (non-hydrogen) atoms.